The van der Waals surface area contributed by atoms with Crippen molar-refractivity contribution in [1.82, 2.24) is 20.5 Å². The summed E-state index contributed by atoms with van der Waals surface area (Å²) < 4.78 is 29.0. The molecule has 2 N–H and O–H groups in total. The molecule has 0 bridgehead atoms. The molecule has 2 aliphatic rings. The molecule has 0 unspecified atom stereocenters. The number of benzene rings is 1. The molecule has 2 heterocycles. The molecule has 1 aromatic heterocycles. The highest BCUT2D eigenvalue weighted by atomic mass is 19.1. The predicted molar refractivity (Wildman–Crippen MR) is 135 cm³/mol. The van der Waals surface area contributed by atoms with E-state index in [4.69, 9.17) is 0 Å². The molecule has 2 amide bonds. The summed E-state index contributed by atoms with van der Waals surface area (Å²) in [6.45, 7) is 2.18. The van der Waals surface area contributed by atoms with Crippen LogP contribution in [0.3, 0.4) is 0 Å². The van der Waals surface area contributed by atoms with Crippen LogP contribution in [0.2, 0.25) is 0 Å². The van der Waals surface area contributed by atoms with Gasteiger partial charge in [0.05, 0.1) is 12.1 Å². The van der Waals surface area contributed by atoms with Crippen LogP contribution in [0.25, 0.3) is 0 Å². The lowest BCUT2D eigenvalue weighted by Gasteiger charge is -2.35. The van der Waals surface area contributed by atoms with Gasteiger partial charge in [-0.15, -0.1) is 0 Å². The van der Waals surface area contributed by atoms with Crippen molar-refractivity contribution in [2.24, 2.45) is 5.92 Å². The highest BCUT2D eigenvalue weighted by Gasteiger charge is 2.40. The minimum absolute atomic E-state index is 0.0217. The Labute approximate surface area is 216 Å². The smallest absolute Gasteiger partial charge is 0.245 e. The van der Waals surface area contributed by atoms with E-state index >= 15 is 4.39 Å². The summed E-state index contributed by atoms with van der Waals surface area (Å²) in [7, 11) is 1.69. The number of aromatic nitrogens is 1. The molecule has 4 rings (SSSR count). The highest BCUT2D eigenvalue weighted by Crippen LogP contribution is 2.36. The Bertz CT molecular complexity index is 1130. The molecule has 198 valence electrons. The zero-order valence-corrected chi connectivity index (χ0v) is 21.3. The largest absolute Gasteiger partial charge is 0.343 e. The number of halogens is 2. The number of nitrogens with zero attached hydrogens (tertiary/aromatic N) is 2. The molecule has 1 aliphatic carbocycles. The van der Waals surface area contributed by atoms with Gasteiger partial charge in [-0.2, -0.15) is 0 Å². The number of likely N-dealkylation sites (N-methyl/N-ethyl adjacent to an activating group) is 1. The second-order valence-electron chi connectivity index (χ2n) is 9.98. The fourth-order valence-corrected chi connectivity index (χ4v) is 5.40. The zero-order valence-electron chi connectivity index (χ0n) is 21.3. The summed E-state index contributed by atoms with van der Waals surface area (Å²) in [5.41, 5.74) is -0.00459. The molecule has 1 aromatic carbocycles. The molecule has 1 saturated carbocycles. The van der Waals surface area contributed by atoms with Crippen molar-refractivity contribution >= 4 is 17.6 Å². The van der Waals surface area contributed by atoms with E-state index in [1.807, 2.05) is 0 Å². The molecule has 3 atom stereocenters. The summed E-state index contributed by atoms with van der Waals surface area (Å²) in [5, 5.41) is 5.88. The normalized spacial score (nSPS) is 19.9. The van der Waals surface area contributed by atoms with Crippen molar-refractivity contribution in [1.29, 1.82) is 0 Å². The molecule has 1 aliphatic heterocycles. The molecule has 0 radical (unpaired) electrons. The van der Waals surface area contributed by atoms with Crippen LogP contribution in [0.15, 0.2) is 36.5 Å². The fourth-order valence-electron chi connectivity index (χ4n) is 5.40. The third-order valence-corrected chi connectivity index (χ3v) is 7.65. The van der Waals surface area contributed by atoms with Crippen LogP contribution in [0.5, 0.6) is 0 Å². The first-order valence-corrected chi connectivity index (χ1v) is 13.0. The summed E-state index contributed by atoms with van der Waals surface area (Å²) in [4.78, 5) is 45.2. The molecule has 37 heavy (non-hydrogen) atoms. The maximum absolute atomic E-state index is 15.7. The first-order valence-electron chi connectivity index (χ1n) is 13.0. The van der Waals surface area contributed by atoms with Crippen LogP contribution in [0.1, 0.15) is 79.5 Å². The van der Waals surface area contributed by atoms with Gasteiger partial charge in [-0.3, -0.25) is 14.4 Å². The molecule has 9 heteroatoms. The van der Waals surface area contributed by atoms with Gasteiger partial charge in [0.2, 0.25) is 17.6 Å². The van der Waals surface area contributed by atoms with Gasteiger partial charge in [-0.05, 0) is 75.9 Å². The van der Waals surface area contributed by atoms with E-state index in [-0.39, 0.29) is 34.6 Å². The van der Waals surface area contributed by atoms with Crippen LogP contribution in [0.4, 0.5) is 8.78 Å². The van der Waals surface area contributed by atoms with Crippen LogP contribution in [-0.4, -0.2) is 53.2 Å². The van der Waals surface area contributed by atoms with E-state index in [9.17, 15) is 18.8 Å². The maximum atomic E-state index is 15.7. The minimum atomic E-state index is -0.774. The Hall–Kier alpha value is -3.20. The fraction of sp³-hybridized carbons (Fsp3) is 0.500. The lowest BCUT2D eigenvalue weighted by atomic mass is 9.83. The standard InChI is InChI=1S/C28H34F2N4O3/c1-17(31-2)27(36)33-24(18-7-4-3-5-8-18)28(37)34-16-6-9-22(34)21-14-15-32-25(23(21)30)26(35)19-10-12-20(29)13-11-19/h10-15,17-18,22,24,31H,3-9,16H2,1-2H3,(H,33,36)/t17-,22-,24-/m0/s1. The molecule has 1 saturated heterocycles. The number of carbonyl (C=O) groups excluding carboxylic acids is 3. The van der Waals surface area contributed by atoms with Crippen LogP contribution >= 0.6 is 0 Å². The van der Waals surface area contributed by atoms with E-state index in [1.165, 1.54) is 24.4 Å². The maximum Gasteiger partial charge on any atom is 0.245 e. The van der Waals surface area contributed by atoms with E-state index in [2.05, 4.69) is 15.6 Å². The summed E-state index contributed by atoms with van der Waals surface area (Å²) in [6.07, 6.45) is 7.40. The van der Waals surface area contributed by atoms with E-state index in [1.54, 1.807) is 18.9 Å². The van der Waals surface area contributed by atoms with Crippen LogP contribution in [-0.2, 0) is 9.59 Å². The summed E-state index contributed by atoms with van der Waals surface area (Å²) >= 11 is 0. The van der Waals surface area contributed by atoms with Crippen LogP contribution in [0, 0.1) is 17.6 Å². The number of hydrogen-bond acceptors (Lipinski definition) is 5. The Morgan fingerprint density at radius 1 is 1.00 bits per heavy atom. The molecule has 0 spiro atoms. The van der Waals surface area contributed by atoms with Gasteiger partial charge >= 0.3 is 0 Å². The number of rotatable bonds is 8. The monoisotopic (exact) mass is 512 g/mol. The SMILES string of the molecule is CN[C@@H](C)C(=O)N[C@H](C(=O)N1CCC[C@H]1c1ccnc(C(=O)c2ccc(F)cc2)c1F)C1CCCCC1. The van der Waals surface area contributed by atoms with E-state index in [0.29, 0.717) is 19.4 Å². The van der Waals surface area contributed by atoms with Gasteiger partial charge in [0.1, 0.15) is 17.6 Å². The van der Waals surface area contributed by atoms with Crippen molar-refractivity contribution in [3.8, 4) is 0 Å². The first kappa shape index (κ1) is 26.9. The minimum Gasteiger partial charge on any atom is -0.343 e. The topological polar surface area (TPSA) is 91.4 Å². The average Bonchev–Trinajstić information content (AvgIpc) is 3.41. The number of pyridine rings is 1. The molecular weight excluding hydrogens is 478 g/mol. The van der Waals surface area contributed by atoms with Gasteiger partial charge < -0.3 is 15.5 Å². The first-order chi connectivity index (χ1) is 17.8. The number of carbonyl (C=O) groups is 3. The van der Waals surface area contributed by atoms with Crippen molar-refractivity contribution in [2.45, 2.75) is 70.0 Å². The Kier molecular flexibility index (Phi) is 8.63. The third-order valence-electron chi connectivity index (χ3n) is 7.65. The molecule has 7 nitrogen and oxygen atoms in total. The zero-order chi connectivity index (χ0) is 26.5. The van der Waals surface area contributed by atoms with Gasteiger partial charge in [0.25, 0.3) is 0 Å². The van der Waals surface area contributed by atoms with Gasteiger partial charge in [0.15, 0.2) is 5.82 Å². The lowest BCUT2D eigenvalue weighted by Crippen LogP contribution is -2.55. The Morgan fingerprint density at radius 3 is 2.38 bits per heavy atom. The predicted octanol–water partition coefficient (Wildman–Crippen LogP) is 3.93. The van der Waals surface area contributed by atoms with Gasteiger partial charge in [0, 0.05) is 23.9 Å². The summed E-state index contributed by atoms with van der Waals surface area (Å²) in [6, 6.07) is 4.66. The number of nitrogens with one attached hydrogen (secondary N) is 2. The molecule has 2 fully saturated rings. The average molecular weight is 513 g/mol. The lowest BCUT2D eigenvalue weighted by molar-refractivity contribution is -0.139. The quantitative estimate of drug-likeness (QED) is 0.523. The second kappa shape index (κ2) is 11.9. The van der Waals surface area contributed by atoms with Gasteiger partial charge in [-0.1, -0.05) is 19.3 Å². The number of ketones is 1. The van der Waals surface area contributed by atoms with Crippen molar-refractivity contribution in [2.75, 3.05) is 13.6 Å². The Morgan fingerprint density at radius 2 is 1.70 bits per heavy atom. The second-order valence-corrected chi connectivity index (χ2v) is 9.98. The van der Waals surface area contributed by atoms with E-state index in [0.717, 1.165) is 44.2 Å². The number of hydrogen-bond donors (Lipinski definition) is 2. The highest BCUT2D eigenvalue weighted by molar-refractivity contribution is 6.08. The van der Waals surface area contributed by atoms with Crippen molar-refractivity contribution in [3.63, 3.8) is 0 Å². The summed E-state index contributed by atoms with van der Waals surface area (Å²) in [5.74, 6) is -2.36. The molecule has 2 aromatic rings. The Balaban J connectivity index is 1.61. The van der Waals surface area contributed by atoms with Gasteiger partial charge in [-0.25, -0.2) is 13.8 Å². The molecular formula is C28H34F2N4O3. The number of likely N-dealkylation sites (tertiary alicyclic amines) is 1. The van der Waals surface area contributed by atoms with Crippen LogP contribution < -0.4 is 10.6 Å². The van der Waals surface area contributed by atoms with Crippen molar-refractivity contribution < 1.29 is 23.2 Å². The third kappa shape index (κ3) is 5.87. The van der Waals surface area contributed by atoms with Crippen molar-refractivity contribution in [3.05, 3.63) is 65.0 Å². The van der Waals surface area contributed by atoms with E-state index < -0.39 is 35.5 Å². The number of amides is 2.